The van der Waals surface area contributed by atoms with Gasteiger partial charge in [-0.2, -0.15) is 0 Å². The second kappa shape index (κ2) is 7.61. The maximum Gasteiger partial charge on any atom is 0.197 e. The topological polar surface area (TPSA) is 64.8 Å². The molecular formula is C19H21N3O2S. The van der Waals surface area contributed by atoms with Gasteiger partial charge in [-0.15, -0.1) is 5.10 Å². The monoisotopic (exact) mass is 355 g/mol. The first-order chi connectivity index (χ1) is 12.1. The molecular weight excluding hydrogens is 334 g/mol. The van der Waals surface area contributed by atoms with Crippen LogP contribution >= 0.6 is 0 Å². The van der Waals surface area contributed by atoms with Gasteiger partial charge in [-0.25, -0.2) is 13.1 Å². The van der Waals surface area contributed by atoms with Crippen LogP contribution in [0.25, 0.3) is 11.3 Å². The number of aromatic nitrogens is 3. The molecule has 2 aromatic carbocycles. The van der Waals surface area contributed by atoms with Crippen molar-refractivity contribution in [2.24, 2.45) is 0 Å². The van der Waals surface area contributed by atoms with E-state index in [-0.39, 0.29) is 10.8 Å². The van der Waals surface area contributed by atoms with E-state index in [1.807, 2.05) is 67.6 Å². The third-order valence-electron chi connectivity index (χ3n) is 3.97. The standard InChI is InChI=1S/C19H21N3O2S/c1-2-3-14-25(23,24)19-18(17-12-8-5-9-13-17)20-21-22(19)15-16-10-6-4-7-11-16/h4-13H,2-3,14-15H2,1H3. The average molecular weight is 355 g/mol. The van der Waals surface area contributed by atoms with E-state index < -0.39 is 9.84 Å². The van der Waals surface area contributed by atoms with E-state index in [4.69, 9.17) is 0 Å². The Bertz CT molecular complexity index is 920. The molecule has 25 heavy (non-hydrogen) atoms. The minimum absolute atomic E-state index is 0.103. The van der Waals surface area contributed by atoms with Gasteiger partial charge in [-0.05, 0) is 12.0 Å². The van der Waals surface area contributed by atoms with Crippen LogP contribution in [0, 0.1) is 0 Å². The van der Waals surface area contributed by atoms with Gasteiger partial charge in [0.1, 0.15) is 5.69 Å². The summed E-state index contributed by atoms with van der Waals surface area (Å²) in [6.07, 6.45) is 1.44. The Morgan fingerprint density at radius 2 is 1.60 bits per heavy atom. The predicted octanol–water partition coefficient (Wildman–Crippen LogP) is 3.57. The normalized spacial score (nSPS) is 11.6. The van der Waals surface area contributed by atoms with E-state index in [2.05, 4.69) is 10.3 Å². The molecule has 0 bridgehead atoms. The highest BCUT2D eigenvalue weighted by molar-refractivity contribution is 7.91. The number of nitrogens with zero attached hydrogens (tertiary/aromatic N) is 3. The molecule has 130 valence electrons. The Hall–Kier alpha value is -2.47. The molecule has 0 radical (unpaired) electrons. The van der Waals surface area contributed by atoms with Crippen molar-refractivity contribution in [1.29, 1.82) is 0 Å². The van der Waals surface area contributed by atoms with Gasteiger partial charge in [-0.3, -0.25) is 0 Å². The lowest BCUT2D eigenvalue weighted by Crippen LogP contribution is -2.15. The average Bonchev–Trinajstić information content (AvgIpc) is 3.06. The van der Waals surface area contributed by atoms with Gasteiger partial charge >= 0.3 is 0 Å². The van der Waals surface area contributed by atoms with Crippen molar-refractivity contribution < 1.29 is 8.42 Å². The molecule has 0 fully saturated rings. The molecule has 0 aliphatic heterocycles. The number of hydrogen-bond donors (Lipinski definition) is 0. The SMILES string of the molecule is CCCCS(=O)(=O)c1c(-c2ccccc2)nnn1Cc1ccccc1. The van der Waals surface area contributed by atoms with Crippen molar-refractivity contribution in [2.45, 2.75) is 31.3 Å². The molecule has 0 atom stereocenters. The third kappa shape index (κ3) is 3.96. The molecule has 1 aromatic heterocycles. The summed E-state index contributed by atoms with van der Waals surface area (Å²) in [7, 11) is -3.47. The Morgan fingerprint density at radius 1 is 0.960 bits per heavy atom. The molecule has 0 amide bonds. The molecule has 0 N–H and O–H groups in total. The minimum Gasteiger partial charge on any atom is -0.229 e. The summed E-state index contributed by atoms with van der Waals surface area (Å²) < 4.78 is 27.4. The zero-order valence-electron chi connectivity index (χ0n) is 14.2. The molecule has 0 aliphatic carbocycles. The summed E-state index contributed by atoms with van der Waals surface area (Å²) in [6.45, 7) is 2.36. The van der Waals surface area contributed by atoms with Crippen LogP contribution in [0.3, 0.4) is 0 Å². The number of rotatable bonds is 7. The fourth-order valence-corrected chi connectivity index (χ4v) is 4.42. The summed E-state index contributed by atoms with van der Waals surface area (Å²) >= 11 is 0. The summed E-state index contributed by atoms with van der Waals surface area (Å²) in [6, 6.07) is 19.0. The fourth-order valence-electron chi connectivity index (χ4n) is 2.68. The van der Waals surface area contributed by atoms with E-state index in [1.54, 1.807) is 0 Å². The van der Waals surface area contributed by atoms with Crippen molar-refractivity contribution in [3.63, 3.8) is 0 Å². The quantitative estimate of drug-likeness (QED) is 0.650. The van der Waals surface area contributed by atoms with Gasteiger partial charge in [0.2, 0.25) is 0 Å². The van der Waals surface area contributed by atoms with Crippen LogP contribution in [0.1, 0.15) is 25.3 Å². The van der Waals surface area contributed by atoms with E-state index in [9.17, 15) is 8.42 Å². The number of unbranched alkanes of at least 4 members (excludes halogenated alkanes) is 1. The van der Waals surface area contributed by atoms with Gasteiger partial charge in [0, 0.05) is 5.56 Å². The van der Waals surface area contributed by atoms with Crippen molar-refractivity contribution in [1.82, 2.24) is 15.0 Å². The second-order valence-electron chi connectivity index (χ2n) is 5.92. The Balaban J connectivity index is 2.08. The summed E-state index contributed by atoms with van der Waals surface area (Å²) in [5.74, 6) is 0.103. The highest BCUT2D eigenvalue weighted by atomic mass is 32.2. The maximum absolute atomic E-state index is 13.0. The summed E-state index contributed by atoms with van der Waals surface area (Å²) in [5.41, 5.74) is 2.17. The molecule has 3 aromatic rings. The van der Waals surface area contributed by atoms with Crippen LogP contribution in [0.4, 0.5) is 0 Å². The third-order valence-corrected chi connectivity index (χ3v) is 5.79. The lowest BCUT2D eigenvalue weighted by atomic mass is 10.2. The van der Waals surface area contributed by atoms with Crippen LogP contribution in [0.2, 0.25) is 0 Å². The number of hydrogen-bond acceptors (Lipinski definition) is 4. The predicted molar refractivity (Wildman–Crippen MR) is 98.0 cm³/mol. The lowest BCUT2D eigenvalue weighted by molar-refractivity contribution is 0.555. The Kier molecular flexibility index (Phi) is 5.28. The van der Waals surface area contributed by atoms with Gasteiger partial charge in [0.05, 0.1) is 12.3 Å². The number of sulfone groups is 1. The van der Waals surface area contributed by atoms with Crippen molar-refractivity contribution >= 4 is 9.84 Å². The molecule has 0 saturated heterocycles. The first kappa shape index (κ1) is 17.4. The van der Waals surface area contributed by atoms with Gasteiger partial charge in [-0.1, -0.05) is 79.2 Å². The molecule has 1 heterocycles. The first-order valence-corrected chi connectivity index (χ1v) is 10.0. The van der Waals surface area contributed by atoms with E-state index >= 15 is 0 Å². The smallest absolute Gasteiger partial charge is 0.197 e. The second-order valence-corrected chi connectivity index (χ2v) is 7.95. The zero-order chi connectivity index (χ0) is 17.7. The van der Waals surface area contributed by atoms with E-state index in [0.717, 1.165) is 17.5 Å². The van der Waals surface area contributed by atoms with E-state index in [1.165, 1.54) is 4.68 Å². The van der Waals surface area contributed by atoms with Crippen molar-refractivity contribution in [2.75, 3.05) is 5.75 Å². The number of benzene rings is 2. The molecule has 3 rings (SSSR count). The van der Waals surface area contributed by atoms with Crippen LogP contribution < -0.4 is 0 Å². The van der Waals surface area contributed by atoms with Crippen molar-refractivity contribution in [3.05, 3.63) is 66.2 Å². The Morgan fingerprint density at radius 3 is 2.24 bits per heavy atom. The van der Waals surface area contributed by atoms with Crippen LogP contribution in [0.15, 0.2) is 65.7 Å². The van der Waals surface area contributed by atoms with E-state index in [0.29, 0.717) is 18.7 Å². The van der Waals surface area contributed by atoms with Crippen LogP contribution in [0.5, 0.6) is 0 Å². The van der Waals surface area contributed by atoms with Crippen LogP contribution in [-0.2, 0) is 16.4 Å². The highest BCUT2D eigenvalue weighted by Gasteiger charge is 2.26. The summed E-state index contributed by atoms with van der Waals surface area (Å²) in [4.78, 5) is 0. The minimum atomic E-state index is -3.47. The Labute approximate surface area is 148 Å². The molecule has 6 heteroatoms. The zero-order valence-corrected chi connectivity index (χ0v) is 15.0. The molecule has 0 saturated carbocycles. The molecule has 0 aliphatic rings. The fraction of sp³-hybridized carbons (Fsp3) is 0.263. The highest BCUT2D eigenvalue weighted by Crippen LogP contribution is 2.27. The molecule has 5 nitrogen and oxygen atoms in total. The van der Waals surface area contributed by atoms with Crippen LogP contribution in [-0.4, -0.2) is 29.2 Å². The largest absolute Gasteiger partial charge is 0.229 e. The maximum atomic E-state index is 13.0. The van der Waals surface area contributed by atoms with Crippen molar-refractivity contribution in [3.8, 4) is 11.3 Å². The lowest BCUT2D eigenvalue weighted by Gasteiger charge is -2.09. The van der Waals surface area contributed by atoms with Gasteiger partial charge in [0.25, 0.3) is 0 Å². The van der Waals surface area contributed by atoms with Gasteiger partial charge < -0.3 is 0 Å². The first-order valence-electron chi connectivity index (χ1n) is 8.37. The molecule has 0 spiro atoms. The summed E-state index contributed by atoms with van der Waals surface area (Å²) in [5, 5.41) is 8.55. The molecule has 0 unspecified atom stereocenters. The van der Waals surface area contributed by atoms with Gasteiger partial charge in [0.15, 0.2) is 14.9 Å².